The smallest absolute Gasteiger partial charge is 0.316 e. The van der Waals surface area contributed by atoms with Crippen LogP contribution in [0.4, 0.5) is 0 Å². The molecule has 2 N–H and O–H groups in total. The van der Waals surface area contributed by atoms with Crippen molar-refractivity contribution in [3.63, 3.8) is 0 Å². The van der Waals surface area contributed by atoms with Gasteiger partial charge in [-0.3, -0.25) is 9.59 Å². The number of hydrogen-bond acceptors (Lipinski definition) is 4. The van der Waals surface area contributed by atoms with Crippen LogP contribution < -0.4 is 0 Å². The van der Waals surface area contributed by atoms with E-state index in [1.54, 1.807) is 0 Å². The molecule has 1 aromatic carbocycles. The molecular weight excluding hydrogens is 452 g/mol. The van der Waals surface area contributed by atoms with Gasteiger partial charge in [-0.05, 0) is 37.1 Å². The Balaban J connectivity index is 1.96. The van der Waals surface area contributed by atoms with E-state index in [1.807, 2.05) is 36.9 Å². The maximum absolute atomic E-state index is 11.3. The van der Waals surface area contributed by atoms with Gasteiger partial charge in [-0.15, -0.1) is 23.5 Å². The van der Waals surface area contributed by atoms with Gasteiger partial charge in [0.05, 0.1) is 0 Å². The summed E-state index contributed by atoms with van der Waals surface area (Å²) in [5.41, 5.74) is 0. The molecule has 6 heteroatoms. The zero-order valence-corrected chi connectivity index (χ0v) is 22.1. The summed E-state index contributed by atoms with van der Waals surface area (Å²) in [5, 5.41) is 17.6. The minimum absolute atomic E-state index is 0.319. The van der Waals surface area contributed by atoms with Crippen LogP contribution in [0.1, 0.15) is 110 Å². The summed E-state index contributed by atoms with van der Waals surface area (Å²) in [4.78, 5) is 24.1. The molecule has 0 aliphatic heterocycles. The Bertz CT molecular complexity index is 651. The number of rotatable bonds is 22. The van der Waals surface area contributed by atoms with E-state index in [1.165, 1.54) is 93.7 Å². The minimum atomic E-state index is -0.729. The highest BCUT2D eigenvalue weighted by Crippen LogP contribution is 2.34. The molecule has 0 bridgehead atoms. The van der Waals surface area contributed by atoms with E-state index in [9.17, 15) is 14.7 Å². The summed E-state index contributed by atoms with van der Waals surface area (Å²) in [6.07, 6.45) is 18.4. The average molecular weight is 497 g/mol. The number of carboxylic acids is 2. The Hall–Kier alpha value is -1.14. The molecule has 0 aliphatic rings. The molecular formula is C27H44O4S2. The van der Waals surface area contributed by atoms with Crippen LogP contribution >= 0.6 is 23.5 Å². The second-order valence-electron chi connectivity index (χ2n) is 8.74. The minimum Gasteiger partial charge on any atom is -0.481 e. The van der Waals surface area contributed by atoms with Crippen molar-refractivity contribution in [2.75, 3.05) is 5.75 Å². The first-order valence-corrected chi connectivity index (χ1v) is 14.7. The first-order valence-electron chi connectivity index (χ1n) is 12.9. The lowest BCUT2D eigenvalue weighted by atomic mass is 10.0. The Morgan fingerprint density at radius 1 is 0.727 bits per heavy atom. The van der Waals surface area contributed by atoms with Crippen molar-refractivity contribution in [3.8, 4) is 0 Å². The SMILES string of the molecule is CCC(Sc1ccccc1SCCCCCCCCCCCCCCCCC(=O)O)C(=O)O. The van der Waals surface area contributed by atoms with E-state index in [4.69, 9.17) is 5.11 Å². The van der Waals surface area contributed by atoms with Gasteiger partial charge in [0.1, 0.15) is 5.25 Å². The molecule has 0 radical (unpaired) electrons. The summed E-state index contributed by atoms with van der Waals surface area (Å²) in [6, 6.07) is 8.19. The summed E-state index contributed by atoms with van der Waals surface area (Å²) in [6.45, 7) is 1.93. The zero-order valence-electron chi connectivity index (χ0n) is 20.4. The topological polar surface area (TPSA) is 74.6 Å². The quantitative estimate of drug-likeness (QED) is 0.123. The highest BCUT2D eigenvalue weighted by molar-refractivity contribution is 8.03. The molecule has 0 saturated heterocycles. The predicted octanol–water partition coefficient (Wildman–Crippen LogP) is 8.67. The normalized spacial score (nSPS) is 12.0. The molecule has 1 aromatic rings. The number of thioether (sulfide) groups is 2. The molecule has 33 heavy (non-hydrogen) atoms. The number of carbonyl (C=O) groups is 2. The van der Waals surface area contributed by atoms with E-state index in [-0.39, 0.29) is 5.25 Å². The van der Waals surface area contributed by atoms with Crippen LogP contribution in [0.5, 0.6) is 0 Å². The Labute approximate surface area is 209 Å². The fourth-order valence-electron chi connectivity index (χ4n) is 3.81. The Morgan fingerprint density at radius 2 is 1.18 bits per heavy atom. The maximum Gasteiger partial charge on any atom is 0.316 e. The molecule has 0 spiro atoms. The van der Waals surface area contributed by atoms with Gasteiger partial charge in [0.15, 0.2) is 0 Å². The van der Waals surface area contributed by atoms with Gasteiger partial charge < -0.3 is 10.2 Å². The van der Waals surface area contributed by atoms with Crippen molar-refractivity contribution in [3.05, 3.63) is 24.3 Å². The lowest BCUT2D eigenvalue weighted by Crippen LogP contribution is -2.14. The highest BCUT2D eigenvalue weighted by atomic mass is 32.2. The lowest BCUT2D eigenvalue weighted by molar-refractivity contribution is -0.137. The number of hydrogen-bond donors (Lipinski definition) is 2. The van der Waals surface area contributed by atoms with E-state index >= 15 is 0 Å². The molecule has 0 heterocycles. The summed E-state index contributed by atoms with van der Waals surface area (Å²) < 4.78 is 0. The fourth-order valence-corrected chi connectivity index (χ4v) is 6.00. The zero-order chi connectivity index (χ0) is 24.2. The van der Waals surface area contributed by atoms with Crippen LogP contribution in [-0.2, 0) is 9.59 Å². The van der Waals surface area contributed by atoms with Crippen molar-refractivity contribution in [1.29, 1.82) is 0 Å². The van der Waals surface area contributed by atoms with Crippen molar-refractivity contribution < 1.29 is 19.8 Å². The molecule has 0 saturated carbocycles. The molecule has 0 amide bonds. The first-order chi connectivity index (χ1) is 16.0. The molecule has 0 aliphatic carbocycles. The molecule has 1 rings (SSSR count). The number of carboxylic acid groups (broad SMARTS) is 2. The van der Waals surface area contributed by atoms with Crippen LogP contribution in [0, 0.1) is 0 Å². The third kappa shape index (κ3) is 16.2. The Morgan fingerprint density at radius 3 is 1.64 bits per heavy atom. The first kappa shape index (κ1) is 29.9. The van der Waals surface area contributed by atoms with Crippen molar-refractivity contribution in [1.82, 2.24) is 0 Å². The highest BCUT2D eigenvalue weighted by Gasteiger charge is 2.18. The summed E-state index contributed by atoms with van der Waals surface area (Å²) in [5.74, 6) is -0.307. The number of benzene rings is 1. The van der Waals surface area contributed by atoms with Crippen LogP contribution in [0.15, 0.2) is 34.1 Å². The fraction of sp³-hybridized carbons (Fsp3) is 0.704. The van der Waals surface area contributed by atoms with Gasteiger partial charge in [-0.25, -0.2) is 0 Å². The average Bonchev–Trinajstić information content (AvgIpc) is 2.79. The number of aliphatic carboxylic acids is 2. The summed E-state index contributed by atoms with van der Waals surface area (Å²) in [7, 11) is 0. The molecule has 1 unspecified atom stereocenters. The molecule has 4 nitrogen and oxygen atoms in total. The molecule has 0 aromatic heterocycles. The standard InChI is InChI=1S/C27H44O4S2/c1-2-23(27(30)31)33-25-20-17-16-19-24(25)32-22-18-14-12-10-8-6-4-3-5-7-9-11-13-15-21-26(28)29/h16-17,19-20,23H,2-15,18,21-22H2,1H3,(H,28,29)(H,30,31). The van der Waals surface area contributed by atoms with Crippen LogP contribution in [-0.4, -0.2) is 33.2 Å². The molecule has 188 valence electrons. The van der Waals surface area contributed by atoms with Gasteiger partial charge in [-0.2, -0.15) is 0 Å². The lowest BCUT2D eigenvalue weighted by Gasteiger charge is -2.13. The van der Waals surface area contributed by atoms with E-state index in [0.717, 1.165) is 23.5 Å². The van der Waals surface area contributed by atoms with E-state index in [0.29, 0.717) is 12.8 Å². The van der Waals surface area contributed by atoms with Crippen molar-refractivity contribution in [2.45, 2.75) is 125 Å². The van der Waals surface area contributed by atoms with E-state index < -0.39 is 11.9 Å². The van der Waals surface area contributed by atoms with E-state index in [2.05, 4.69) is 6.07 Å². The Kier molecular flexibility index (Phi) is 18.3. The van der Waals surface area contributed by atoms with Crippen LogP contribution in [0.25, 0.3) is 0 Å². The third-order valence-electron chi connectivity index (χ3n) is 5.81. The van der Waals surface area contributed by atoms with Gasteiger partial charge in [0.25, 0.3) is 0 Å². The van der Waals surface area contributed by atoms with Crippen LogP contribution in [0.2, 0.25) is 0 Å². The largest absolute Gasteiger partial charge is 0.481 e. The van der Waals surface area contributed by atoms with Gasteiger partial charge in [0.2, 0.25) is 0 Å². The second-order valence-corrected chi connectivity index (χ2v) is 11.1. The third-order valence-corrected chi connectivity index (χ3v) is 8.53. The number of unbranched alkanes of at least 4 members (excludes halogenated alkanes) is 13. The molecule has 1 atom stereocenters. The monoisotopic (exact) mass is 496 g/mol. The van der Waals surface area contributed by atoms with Crippen molar-refractivity contribution in [2.24, 2.45) is 0 Å². The predicted molar refractivity (Wildman–Crippen MR) is 142 cm³/mol. The van der Waals surface area contributed by atoms with Crippen molar-refractivity contribution >= 4 is 35.5 Å². The second kappa shape index (κ2) is 20.3. The summed E-state index contributed by atoms with van der Waals surface area (Å²) >= 11 is 3.33. The van der Waals surface area contributed by atoms with Crippen LogP contribution in [0.3, 0.4) is 0 Å². The maximum atomic E-state index is 11.3. The molecule has 0 fully saturated rings. The van der Waals surface area contributed by atoms with Gasteiger partial charge >= 0.3 is 11.9 Å². The van der Waals surface area contributed by atoms with Gasteiger partial charge in [0, 0.05) is 16.2 Å². The van der Waals surface area contributed by atoms with Gasteiger partial charge in [-0.1, -0.05) is 96.1 Å².